The number of carbonyl (C=O) groups is 1. The fourth-order valence-electron chi connectivity index (χ4n) is 1.24. The van der Waals surface area contributed by atoms with E-state index < -0.39 is 0 Å². The number of hydrogen-bond acceptors (Lipinski definition) is 3. The van der Waals surface area contributed by atoms with Gasteiger partial charge in [-0.25, -0.2) is 0 Å². The van der Waals surface area contributed by atoms with Crippen molar-refractivity contribution in [2.45, 2.75) is 6.42 Å². The third kappa shape index (κ3) is 4.05. The number of ether oxygens (including phenoxy) is 1. The second-order valence-corrected chi connectivity index (χ2v) is 3.37. The topological polar surface area (TPSA) is 29.5 Å². The number of hydrogen-bond donors (Lipinski definition) is 0. The zero-order valence-electron chi connectivity index (χ0n) is 9.35. The van der Waals surface area contributed by atoms with Crippen LogP contribution in [-0.2, 0) is 9.53 Å². The quantitative estimate of drug-likeness (QED) is 0.427. The number of terminal acetylenes is 1. The Bertz CT molecular complexity index is 367. The molecule has 0 amide bonds. The lowest BCUT2D eigenvalue weighted by Gasteiger charge is -2.17. The zero-order chi connectivity index (χ0) is 11.8. The first-order valence-electron chi connectivity index (χ1n) is 5.09. The third-order valence-corrected chi connectivity index (χ3v) is 2.07. The molecule has 0 heterocycles. The van der Waals surface area contributed by atoms with Crippen LogP contribution >= 0.6 is 0 Å². The molecule has 16 heavy (non-hydrogen) atoms. The summed E-state index contributed by atoms with van der Waals surface area (Å²) in [6, 6.07) is 9.66. The van der Waals surface area contributed by atoms with Gasteiger partial charge in [-0.1, -0.05) is 18.2 Å². The summed E-state index contributed by atoms with van der Waals surface area (Å²) in [4.78, 5) is 13.2. The summed E-state index contributed by atoms with van der Waals surface area (Å²) in [5.74, 6) is 2.15. The Labute approximate surface area is 96.0 Å². The van der Waals surface area contributed by atoms with Crippen LogP contribution in [0.1, 0.15) is 6.42 Å². The molecule has 3 nitrogen and oxygen atoms in total. The second-order valence-electron chi connectivity index (χ2n) is 3.37. The molecule has 0 aromatic heterocycles. The average Bonchev–Trinajstić information content (AvgIpc) is 2.30. The molecule has 0 aliphatic heterocycles. The van der Waals surface area contributed by atoms with E-state index in [1.54, 1.807) is 0 Å². The summed E-state index contributed by atoms with van der Waals surface area (Å²) in [5.41, 5.74) is 0.983. The van der Waals surface area contributed by atoms with E-state index in [0.29, 0.717) is 6.42 Å². The summed E-state index contributed by atoms with van der Waals surface area (Å²) in [5, 5.41) is 0. The van der Waals surface area contributed by atoms with Gasteiger partial charge in [0.05, 0.1) is 0 Å². The molecule has 0 saturated carbocycles. The van der Waals surface area contributed by atoms with Crippen molar-refractivity contribution in [2.24, 2.45) is 0 Å². The standard InChI is InChI=1S/C13H15NO2/c1-3-4-10-16-13(15)11-14(2)12-8-6-5-7-9-12/h1,5-9H,4,10-11H2,2H3. The third-order valence-electron chi connectivity index (χ3n) is 2.07. The Morgan fingerprint density at radius 2 is 2.12 bits per heavy atom. The molecule has 0 fully saturated rings. The van der Waals surface area contributed by atoms with Crippen molar-refractivity contribution in [2.75, 3.05) is 25.1 Å². The first-order chi connectivity index (χ1) is 7.74. The van der Waals surface area contributed by atoms with Gasteiger partial charge in [0.15, 0.2) is 0 Å². The van der Waals surface area contributed by atoms with Gasteiger partial charge in [0.1, 0.15) is 13.2 Å². The van der Waals surface area contributed by atoms with Gasteiger partial charge in [0, 0.05) is 19.2 Å². The zero-order valence-corrected chi connectivity index (χ0v) is 9.35. The van der Waals surface area contributed by atoms with Crippen molar-refractivity contribution in [1.29, 1.82) is 0 Å². The van der Waals surface area contributed by atoms with Gasteiger partial charge in [-0.2, -0.15) is 0 Å². The van der Waals surface area contributed by atoms with E-state index in [-0.39, 0.29) is 19.1 Å². The van der Waals surface area contributed by atoms with E-state index in [0.717, 1.165) is 5.69 Å². The number of nitrogens with zero attached hydrogens (tertiary/aromatic N) is 1. The predicted molar refractivity (Wildman–Crippen MR) is 64.1 cm³/mol. The molecule has 0 N–H and O–H groups in total. The molecule has 1 rings (SSSR count). The van der Waals surface area contributed by atoms with Gasteiger partial charge in [0.25, 0.3) is 0 Å². The molecular weight excluding hydrogens is 202 g/mol. The molecule has 0 aliphatic carbocycles. The molecule has 84 valence electrons. The van der Waals surface area contributed by atoms with Gasteiger partial charge >= 0.3 is 5.97 Å². The lowest BCUT2D eigenvalue weighted by molar-refractivity contribution is -0.141. The van der Waals surface area contributed by atoms with Crippen molar-refractivity contribution in [3.05, 3.63) is 30.3 Å². The summed E-state index contributed by atoms with van der Waals surface area (Å²) < 4.78 is 4.95. The van der Waals surface area contributed by atoms with Crippen LogP contribution < -0.4 is 4.90 Å². The molecule has 0 radical (unpaired) electrons. The predicted octanol–water partition coefficient (Wildman–Crippen LogP) is 1.69. The maximum absolute atomic E-state index is 11.4. The SMILES string of the molecule is C#CCCOC(=O)CN(C)c1ccccc1. The van der Waals surface area contributed by atoms with Gasteiger partial charge < -0.3 is 9.64 Å². The lowest BCUT2D eigenvalue weighted by Crippen LogP contribution is -2.27. The molecule has 1 aromatic rings. The fourth-order valence-corrected chi connectivity index (χ4v) is 1.24. The number of esters is 1. The molecular formula is C13H15NO2. The first-order valence-corrected chi connectivity index (χ1v) is 5.09. The van der Waals surface area contributed by atoms with Crippen LogP contribution in [0.5, 0.6) is 0 Å². The first kappa shape index (κ1) is 12.1. The number of benzene rings is 1. The number of rotatable bonds is 5. The van der Waals surface area contributed by atoms with Crippen LogP contribution in [-0.4, -0.2) is 26.2 Å². The van der Waals surface area contributed by atoms with Crippen LogP contribution in [0, 0.1) is 12.3 Å². The largest absolute Gasteiger partial charge is 0.463 e. The van der Waals surface area contributed by atoms with Gasteiger partial charge in [-0.05, 0) is 12.1 Å². The van der Waals surface area contributed by atoms with E-state index in [4.69, 9.17) is 11.2 Å². The molecule has 1 aromatic carbocycles. The highest BCUT2D eigenvalue weighted by Gasteiger charge is 2.07. The number of para-hydroxylation sites is 1. The minimum Gasteiger partial charge on any atom is -0.463 e. The molecule has 3 heteroatoms. The van der Waals surface area contributed by atoms with Crippen molar-refractivity contribution >= 4 is 11.7 Å². The smallest absolute Gasteiger partial charge is 0.325 e. The van der Waals surface area contributed by atoms with Crippen LogP contribution in [0.15, 0.2) is 30.3 Å². The fraction of sp³-hybridized carbons (Fsp3) is 0.308. The minimum atomic E-state index is -0.262. The van der Waals surface area contributed by atoms with Crippen LogP contribution in [0.4, 0.5) is 5.69 Å². The second kappa shape index (κ2) is 6.52. The average molecular weight is 217 g/mol. The molecule has 0 bridgehead atoms. The van der Waals surface area contributed by atoms with Crippen molar-refractivity contribution in [1.82, 2.24) is 0 Å². The van der Waals surface area contributed by atoms with E-state index in [1.165, 1.54) is 0 Å². The maximum atomic E-state index is 11.4. The Morgan fingerprint density at radius 3 is 2.75 bits per heavy atom. The number of likely N-dealkylation sites (N-methyl/N-ethyl adjacent to an activating group) is 1. The minimum absolute atomic E-state index is 0.231. The van der Waals surface area contributed by atoms with E-state index in [9.17, 15) is 4.79 Å². The van der Waals surface area contributed by atoms with Crippen molar-refractivity contribution in [3.63, 3.8) is 0 Å². The highest BCUT2D eigenvalue weighted by molar-refractivity contribution is 5.75. The molecule has 0 atom stereocenters. The van der Waals surface area contributed by atoms with E-state index in [2.05, 4.69) is 5.92 Å². The normalized spacial score (nSPS) is 9.25. The van der Waals surface area contributed by atoms with Crippen LogP contribution in [0.3, 0.4) is 0 Å². The number of anilines is 1. The maximum Gasteiger partial charge on any atom is 0.325 e. The summed E-state index contributed by atoms with van der Waals surface area (Å²) >= 11 is 0. The molecule has 0 saturated heterocycles. The summed E-state index contributed by atoms with van der Waals surface area (Å²) in [7, 11) is 1.85. The highest BCUT2D eigenvalue weighted by Crippen LogP contribution is 2.10. The summed E-state index contributed by atoms with van der Waals surface area (Å²) in [6.45, 7) is 0.520. The van der Waals surface area contributed by atoms with Crippen molar-refractivity contribution in [3.8, 4) is 12.3 Å². The van der Waals surface area contributed by atoms with Gasteiger partial charge in [-0.3, -0.25) is 4.79 Å². The Morgan fingerprint density at radius 1 is 1.44 bits per heavy atom. The van der Waals surface area contributed by atoms with Crippen LogP contribution in [0.25, 0.3) is 0 Å². The Kier molecular flexibility index (Phi) is 4.94. The Balaban J connectivity index is 2.37. The van der Waals surface area contributed by atoms with Gasteiger partial charge in [-0.15, -0.1) is 12.3 Å². The molecule has 0 unspecified atom stereocenters. The highest BCUT2D eigenvalue weighted by atomic mass is 16.5. The molecule has 0 spiro atoms. The van der Waals surface area contributed by atoms with Crippen LogP contribution in [0.2, 0.25) is 0 Å². The Hall–Kier alpha value is -1.95. The number of carbonyl (C=O) groups excluding carboxylic acids is 1. The van der Waals surface area contributed by atoms with Crippen molar-refractivity contribution < 1.29 is 9.53 Å². The summed E-state index contributed by atoms with van der Waals surface area (Å²) in [6.07, 6.45) is 5.51. The van der Waals surface area contributed by atoms with Gasteiger partial charge in [0.2, 0.25) is 0 Å². The monoisotopic (exact) mass is 217 g/mol. The van der Waals surface area contributed by atoms with E-state index in [1.807, 2.05) is 42.3 Å². The molecule has 0 aliphatic rings. The lowest BCUT2D eigenvalue weighted by atomic mass is 10.3. The van der Waals surface area contributed by atoms with E-state index >= 15 is 0 Å².